The maximum Gasteiger partial charge on any atom is 0.322 e. The van der Waals surface area contributed by atoms with Gasteiger partial charge in [-0.25, -0.2) is 4.79 Å². The number of amides is 3. The molecule has 7 heteroatoms. The molecule has 0 radical (unpaired) electrons. The van der Waals surface area contributed by atoms with Gasteiger partial charge in [0.15, 0.2) is 0 Å². The van der Waals surface area contributed by atoms with E-state index in [-0.39, 0.29) is 11.9 Å². The van der Waals surface area contributed by atoms with Gasteiger partial charge in [-0.1, -0.05) is 18.2 Å². The summed E-state index contributed by atoms with van der Waals surface area (Å²) in [6, 6.07) is 9.58. The number of nitrogens with one attached hydrogen (secondary N) is 1. The van der Waals surface area contributed by atoms with Gasteiger partial charge >= 0.3 is 6.03 Å². The Kier molecular flexibility index (Phi) is 5.30. The Labute approximate surface area is 176 Å². The summed E-state index contributed by atoms with van der Waals surface area (Å²) in [5.41, 5.74) is 3.85. The molecular formula is C23H26N4O3. The second-order valence-electron chi connectivity index (χ2n) is 8.30. The van der Waals surface area contributed by atoms with Crippen LogP contribution in [0.15, 0.2) is 48.8 Å². The number of carbonyl (C=O) groups is 2. The summed E-state index contributed by atoms with van der Waals surface area (Å²) in [4.78, 5) is 32.3. The van der Waals surface area contributed by atoms with Gasteiger partial charge in [-0.2, -0.15) is 0 Å². The van der Waals surface area contributed by atoms with Crippen LogP contribution in [0.25, 0.3) is 5.57 Å². The summed E-state index contributed by atoms with van der Waals surface area (Å²) < 4.78 is 0. The molecule has 0 unspecified atom stereocenters. The topological polar surface area (TPSA) is 85.8 Å². The third kappa shape index (κ3) is 4.21. The molecule has 7 nitrogen and oxygen atoms in total. The highest BCUT2D eigenvalue weighted by atomic mass is 16.3. The average Bonchev–Trinajstić information content (AvgIpc) is 3.18. The van der Waals surface area contributed by atoms with E-state index in [9.17, 15) is 14.7 Å². The molecule has 4 rings (SSSR count). The number of aliphatic hydroxyl groups is 1. The highest BCUT2D eigenvalue weighted by Gasteiger charge is 2.30. The molecule has 2 N–H and O–H groups in total. The van der Waals surface area contributed by atoms with E-state index in [1.165, 1.54) is 13.8 Å². The first-order valence-electron chi connectivity index (χ1n) is 10.1. The Morgan fingerprint density at radius 1 is 1.07 bits per heavy atom. The first kappa shape index (κ1) is 20.1. The molecule has 0 saturated heterocycles. The van der Waals surface area contributed by atoms with Crippen molar-refractivity contribution in [2.24, 2.45) is 0 Å². The minimum absolute atomic E-state index is 0.128. The van der Waals surface area contributed by atoms with Crippen molar-refractivity contribution in [3.8, 4) is 0 Å². The Morgan fingerprint density at radius 2 is 1.80 bits per heavy atom. The number of benzene rings is 1. The molecule has 0 spiro atoms. The second kappa shape index (κ2) is 7.91. The fourth-order valence-electron chi connectivity index (χ4n) is 3.84. The normalized spacial score (nSPS) is 16.2. The Morgan fingerprint density at radius 3 is 2.43 bits per heavy atom. The standard InChI is InChI=1S/C23H26N4O3/c1-23(2,30)21(28)26-11-8-17(9-12-26)16-3-5-20(6-4-16)25-22(29)27-14-18-7-10-24-13-19(18)15-27/h3-8,10,13,30H,9,11-12,14-15H2,1-2H3,(H,25,29). The number of fused-ring (bicyclic) bond motifs is 1. The van der Waals surface area contributed by atoms with Crippen molar-refractivity contribution in [2.75, 3.05) is 18.4 Å². The third-order valence-corrected chi connectivity index (χ3v) is 5.54. The van der Waals surface area contributed by atoms with Crippen molar-refractivity contribution >= 4 is 23.2 Å². The monoisotopic (exact) mass is 406 g/mol. The number of carbonyl (C=O) groups excluding carboxylic acids is 2. The zero-order chi connectivity index (χ0) is 21.3. The molecule has 0 aliphatic carbocycles. The Bertz CT molecular complexity index is 967. The van der Waals surface area contributed by atoms with Gasteiger partial charge in [0, 0.05) is 44.3 Å². The molecule has 0 saturated carbocycles. The van der Waals surface area contributed by atoms with E-state index in [1.54, 1.807) is 16.0 Å². The zero-order valence-electron chi connectivity index (χ0n) is 17.3. The van der Waals surface area contributed by atoms with Gasteiger partial charge < -0.3 is 20.2 Å². The SMILES string of the molecule is CC(C)(O)C(=O)N1CC=C(c2ccc(NC(=O)N3Cc4ccncc4C3)cc2)CC1. The van der Waals surface area contributed by atoms with Crippen LogP contribution in [0.2, 0.25) is 0 Å². The van der Waals surface area contributed by atoms with Crippen LogP contribution in [0.4, 0.5) is 10.5 Å². The van der Waals surface area contributed by atoms with Crippen molar-refractivity contribution in [3.05, 3.63) is 65.5 Å². The van der Waals surface area contributed by atoms with Crippen molar-refractivity contribution in [1.82, 2.24) is 14.8 Å². The van der Waals surface area contributed by atoms with Crippen LogP contribution in [0.3, 0.4) is 0 Å². The van der Waals surface area contributed by atoms with E-state index in [2.05, 4.69) is 10.3 Å². The van der Waals surface area contributed by atoms with Crippen LogP contribution in [-0.2, 0) is 17.9 Å². The van der Waals surface area contributed by atoms with E-state index >= 15 is 0 Å². The van der Waals surface area contributed by atoms with Crippen LogP contribution in [-0.4, -0.2) is 50.5 Å². The first-order chi connectivity index (χ1) is 14.3. The highest BCUT2D eigenvalue weighted by Crippen LogP contribution is 2.26. The molecule has 2 aliphatic rings. The third-order valence-electron chi connectivity index (χ3n) is 5.54. The Hall–Kier alpha value is -3.19. The van der Waals surface area contributed by atoms with Gasteiger partial charge in [0.2, 0.25) is 0 Å². The maximum atomic E-state index is 12.6. The largest absolute Gasteiger partial charge is 0.381 e. The van der Waals surface area contributed by atoms with E-state index in [0.29, 0.717) is 26.2 Å². The van der Waals surface area contributed by atoms with Gasteiger partial charge in [0.05, 0.1) is 0 Å². The number of nitrogens with zero attached hydrogens (tertiary/aromatic N) is 3. The molecule has 3 amide bonds. The lowest BCUT2D eigenvalue weighted by Gasteiger charge is -2.31. The molecule has 3 heterocycles. The van der Waals surface area contributed by atoms with E-state index < -0.39 is 5.60 Å². The van der Waals surface area contributed by atoms with E-state index in [1.807, 2.05) is 42.6 Å². The summed E-state index contributed by atoms with van der Waals surface area (Å²) in [5, 5.41) is 12.9. The fourth-order valence-corrected chi connectivity index (χ4v) is 3.84. The van der Waals surface area contributed by atoms with Crippen LogP contribution in [0.1, 0.15) is 37.0 Å². The minimum atomic E-state index is -1.35. The van der Waals surface area contributed by atoms with Crippen molar-refractivity contribution in [3.63, 3.8) is 0 Å². The molecule has 2 aliphatic heterocycles. The van der Waals surface area contributed by atoms with Gasteiger partial charge in [0.1, 0.15) is 5.60 Å². The van der Waals surface area contributed by atoms with E-state index in [4.69, 9.17) is 0 Å². The second-order valence-corrected chi connectivity index (χ2v) is 8.30. The zero-order valence-corrected chi connectivity index (χ0v) is 17.3. The van der Waals surface area contributed by atoms with Crippen LogP contribution >= 0.6 is 0 Å². The van der Waals surface area contributed by atoms with Crippen molar-refractivity contribution < 1.29 is 14.7 Å². The van der Waals surface area contributed by atoms with Crippen molar-refractivity contribution in [2.45, 2.75) is 39.0 Å². The summed E-state index contributed by atoms with van der Waals surface area (Å²) in [7, 11) is 0. The first-order valence-corrected chi connectivity index (χ1v) is 10.1. The number of urea groups is 1. The molecule has 0 atom stereocenters. The number of rotatable bonds is 3. The minimum Gasteiger partial charge on any atom is -0.381 e. The Balaban J connectivity index is 1.35. The molecule has 1 aromatic carbocycles. The van der Waals surface area contributed by atoms with Crippen LogP contribution in [0, 0.1) is 0 Å². The number of hydrogen-bond donors (Lipinski definition) is 2. The number of anilines is 1. The highest BCUT2D eigenvalue weighted by molar-refractivity contribution is 5.90. The predicted molar refractivity (Wildman–Crippen MR) is 114 cm³/mol. The average molecular weight is 406 g/mol. The molecule has 0 fully saturated rings. The maximum absolute atomic E-state index is 12.6. The molecule has 1 aromatic heterocycles. The lowest BCUT2D eigenvalue weighted by Crippen LogP contribution is -2.46. The van der Waals surface area contributed by atoms with Crippen LogP contribution < -0.4 is 5.32 Å². The molecule has 30 heavy (non-hydrogen) atoms. The van der Waals surface area contributed by atoms with Gasteiger partial charge in [-0.05, 0) is 60.7 Å². The lowest BCUT2D eigenvalue weighted by molar-refractivity contribution is -0.147. The van der Waals surface area contributed by atoms with Crippen LogP contribution in [0.5, 0.6) is 0 Å². The quantitative estimate of drug-likeness (QED) is 0.821. The summed E-state index contributed by atoms with van der Waals surface area (Å²) in [6.07, 6.45) is 6.31. The lowest BCUT2D eigenvalue weighted by atomic mass is 9.98. The summed E-state index contributed by atoms with van der Waals surface area (Å²) >= 11 is 0. The van der Waals surface area contributed by atoms with Gasteiger partial charge in [-0.15, -0.1) is 0 Å². The molecule has 0 bridgehead atoms. The summed E-state index contributed by atoms with van der Waals surface area (Å²) in [5.74, 6) is -0.254. The van der Waals surface area contributed by atoms with Gasteiger partial charge in [0.25, 0.3) is 5.91 Å². The molecular weight excluding hydrogens is 380 g/mol. The smallest absolute Gasteiger partial charge is 0.322 e. The number of hydrogen-bond acceptors (Lipinski definition) is 4. The molecule has 156 valence electrons. The van der Waals surface area contributed by atoms with Crippen molar-refractivity contribution in [1.29, 1.82) is 0 Å². The molecule has 2 aromatic rings. The fraction of sp³-hybridized carbons (Fsp3) is 0.348. The number of aromatic nitrogens is 1. The van der Waals surface area contributed by atoms with E-state index in [0.717, 1.165) is 34.4 Å². The van der Waals surface area contributed by atoms with Gasteiger partial charge in [-0.3, -0.25) is 9.78 Å². The number of pyridine rings is 1. The predicted octanol–water partition coefficient (Wildman–Crippen LogP) is 3.02. The summed E-state index contributed by atoms with van der Waals surface area (Å²) in [6.45, 7) is 5.26.